The summed E-state index contributed by atoms with van der Waals surface area (Å²) in [6.45, 7) is 0. The Kier molecular flexibility index (Phi) is 19.7. The van der Waals surface area contributed by atoms with Gasteiger partial charge in [-0.3, -0.25) is 0 Å². The van der Waals surface area contributed by atoms with Crippen molar-refractivity contribution in [3.8, 4) is 0 Å². The van der Waals surface area contributed by atoms with Crippen LogP contribution in [0, 0.1) is 10.8 Å². The molecule has 0 unspecified atom stereocenters. The Morgan fingerprint density at radius 1 is 0.714 bits per heavy atom. The van der Waals surface area contributed by atoms with Crippen molar-refractivity contribution in [2.75, 3.05) is 0 Å². The molecule has 1 aliphatic rings. The van der Waals surface area contributed by atoms with Crippen LogP contribution in [0.3, 0.4) is 0 Å². The van der Waals surface area contributed by atoms with E-state index in [1.807, 2.05) is 0 Å². The molecule has 0 amide bonds. The van der Waals surface area contributed by atoms with Gasteiger partial charge in [0.15, 0.2) is 0 Å². The Bertz CT molecular complexity index is 594. The van der Waals surface area contributed by atoms with Gasteiger partial charge in [0.2, 0.25) is 0 Å². The number of hydrogen-bond donors (Lipinski definition) is 2. The van der Waals surface area contributed by atoms with Crippen LogP contribution in [0.5, 0.6) is 0 Å². The maximum absolute atomic E-state index is 11.2. The molecule has 0 aromatic rings. The van der Waals surface area contributed by atoms with Crippen molar-refractivity contribution in [2.45, 2.75) is 38.5 Å². The van der Waals surface area contributed by atoms with Crippen molar-refractivity contribution < 1.29 is 158 Å². The molecule has 1 rings (SSSR count). The fourth-order valence-corrected chi connectivity index (χ4v) is 3.59. The van der Waals surface area contributed by atoms with E-state index in [1.165, 1.54) is 0 Å². The van der Waals surface area contributed by atoms with E-state index in [2.05, 4.69) is 0 Å². The van der Waals surface area contributed by atoms with E-state index >= 15 is 0 Å². The number of carboxylic acid groups (broad SMARTS) is 4. The Balaban J connectivity index is -0.000000720. The van der Waals surface area contributed by atoms with Crippen LogP contribution in [-0.2, 0) is 19.2 Å². The second-order valence-corrected chi connectivity index (χ2v) is 6.00. The predicted molar refractivity (Wildman–Crippen MR) is 68.0 cm³/mol. The van der Waals surface area contributed by atoms with Crippen LogP contribution in [0.4, 0.5) is 0 Å². The van der Waals surface area contributed by atoms with Gasteiger partial charge in [0.1, 0.15) is 0 Å². The molecule has 0 spiro atoms. The first kappa shape index (κ1) is 36.6. The number of hydrogen-bond acceptors (Lipinski definition) is 10. The number of carboxylic acids is 4. The van der Waals surface area contributed by atoms with Crippen molar-refractivity contribution in [3.05, 3.63) is 11.4 Å². The average molecular weight is 432 g/mol. The van der Waals surface area contributed by atoms with Gasteiger partial charge >= 0.3 is 118 Å². The number of carbonyl (C=O) groups is 4. The van der Waals surface area contributed by atoms with Gasteiger partial charge in [-0.15, -0.1) is 0 Å². The minimum absolute atomic E-state index is 0. The topological polar surface area (TPSA) is 213 Å². The maximum atomic E-state index is 11.2. The number of aliphatic carboxylic acids is 4. The second kappa shape index (κ2) is 15.1. The Morgan fingerprint density at radius 2 is 1.04 bits per heavy atom. The standard InChI is InChI=1S/C14H20N2O8.4Na/c15-7-1-2-13(3-8(17)18,4-9(19)20)14(12(7)16,5-10(21)22)6-11(23)24;;;;/h1-6,15-16H2,(H,17,18)(H,19,20)(H,21,22)(H,23,24);;;;/q;4*+1/p-4. The molecule has 0 aromatic carbocycles. The Labute approximate surface area is 250 Å². The molecule has 0 aromatic heterocycles. The van der Waals surface area contributed by atoms with Crippen LogP contribution in [0.2, 0.25) is 0 Å². The molecule has 0 atom stereocenters. The zero-order valence-corrected chi connectivity index (χ0v) is 24.7. The van der Waals surface area contributed by atoms with Crippen molar-refractivity contribution in [3.63, 3.8) is 0 Å². The van der Waals surface area contributed by atoms with Crippen LogP contribution in [-0.4, -0.2) is 23.9 Å². The SMILES string of the molecule is NC1=C(N)C(CC(=O)[O-])(CC(=O)[O-])C(CC(=O)[O-])(CC(=O)[O-])CC1.[Na+].[Na+].[Na+].[Na+]. The van der Waals surface area contributed by atoms with Gasteiger partial charge in [-0.25, -0.2) is 0 Å². The molecule has 1 aliphatic carbocycles. The molecule has 0 bridgehead atoms. The first-order chi connectivity index (χ1) is 11.0. The summed E-state index contributed by atoms with van der Waals surface area (Å²) in [5.41, 5.74) is 7.11. The molecule has 0 saturated carbocycles. The molecule has 134 valence electrons. The largest absolute Gasteiger partial charge is 1.00 e. The molecule has 28 heavy (non-hydrogen) atoms. The van der Waals surface area contributed by atoms with Gasteiger partial charge < -0.3 is 51.1 Å². The number of allylic oxidation sites excluding steroid dienone is 2. The smallest absolute Gasteiger partial charge is 0.550 e. The summed E-state index contributed by atoms with van der Waals surface area (Å²) in [7, 11) is 0. The van der Waals surface area contributed by atoms with Crippen LogP contribution >= 0.6 is 0 Å². The van der Waals surface area contributed by atoms with E-state index in [0.717, 1.165) is 0 Å². The van der Waals surface area contributed by atoms with E-state index in [1.54, 1.807) is 0 Å². The van der Waals surface area contributed by atoms with E-state index in [-0.39, 0.29) is 142 Å². The monoisotopic (exact) mass is 432 g/mol. The summed E-state index contributed by atoms with van der Waals surface area (Å²) < 4.78 is 0. The van der Waals surface area contributed by atoms with Crippen molar-refractivity contribution in [1.29, 1.82) is 0 Å². The van der Waals surface area contributed by atoms with Crippen molar-refractivity contribution in [2.24, 2.45) is 22.3 Å². The zero-order chi connectivity index (χ0) is 18.7. The number of nitrogens with two attached hydrogens (primary N) is 2. The molecule has 0 fully saturated rings. The van der Waals surface area contributed by atoms with Gasteiger partial charge in [0.25, 0.3) is 0 Å². The van der Waals surface area contributed by atoms with Crippen LogP contribution in [0.1, 0.15) is 38.5 Å². The minimum atomic E-state index is -2.10. The summed E-state index contributed by atoms with van der Waals surface area (Å²) >= 11 is 0. The molecule has 0 heterocycles. The summed E-state index contributed by atoms with van der Waals surface area (Å²) in [4.78, 5) is 44.7. The fraction of sp³-hybridized carbons (Fsp3) is 0.571. The second-order valence-electron chi connectivity index (χ2n) is 6.00. The van der Waals surface area contributed by atoms with Gasteiger partial charge in [0.05, 0.1) is 0 Å². The van der Waals surface area contributed by atoms with Gasteiger partial charge in [0, 0.05) is 40.7 Å². The Morgan fingerprint density at radius 3 is 1.32 bits per heavy atom. The van der Waals surface area contributed by atoms with Gasteiger partial charge in [-0.1, -0.05) is 0 Å². The molecule has 0 radical (unpaired) electrons. The quantitative estimate of drug-likeness (QED) is 0.345. The molecule has 10 nitrogen and oxygen atoms in total. The third-order valence-corrected chi connectivity index (χ3v) is 4.61. The third-order valence-electron chi connectivity index (χ3n) is 4.61. The predicted octanol–water partition coefficient (Wildman–Crippen LogP) is -17.5. The van der Waals surface area contributed by atoms with E-state index in [9.17, 15) is 39.6 Å². The van der Waals surface area contributed by atoms with Crippen molar-refractivity contribution >= 4 is 23.9 Å². The van der Waals surface area contributed by atoms with Crippen LogP contribution < -0.4 is 150 Å². The normalized spacial score (nSPS) is 16.1. The first-order valence-corrected chi connectivity index (χ1v) is 7.00. The maximum Gasteiger partial charge on any atom is 1.00 e. The third kappa shape index (κ3) is 8.76. The van der Waals surface area contributed by atoms with Gasteiger partial charge in [-0.2, -0.15) is 0 Å². The van der Waals surface area contributed by atoms with Crippen LogP contribution in [0.15, 0.2) is 11.4 Å². The molecular formula is C14H16N2Na4O8. The van der Waals surface area contributed by atoms with E-state index in [4.69, 9.17) is 11.5 Å². The van der Waals surface area contributed by atoms with Crippen LogP contribution in [0.25, 0.3) is 0 Å². The summed E-state index contributed by atoms with van der Waals surface area (Å²) in [6.07, 6.45) is -4.19. The van der Waals surface area contributed by atoms with Gasteiger partial charge in [-0.05, 0) is 43.9 Å². The number of carbonyl (C=O) groups excluding carboxylic acids is 4. The molecule has 4 N–H and O–H groups in total. The summed E-state index contributed by atoms with van der Waals surface area (Å²) in [6, 6.07) is 0. The molecule has 0 saturated heterocycles. The fourth-order valence-electron chi connectivity index (χ4n) is 3.59. The Hall–Kier alpha value is 1.22. The molecular weight excluding hydrogens is 416 g/mol. The molecule has 14 heteroatoms. The van der Waals surface area contributed by atoms with E-state index < -0.39 is 60.4 Å². The zero-order valence-electron chi connectivity index (χ0n) is 16.7. The number of rotatable bonds is 8. The summed E-state index contributed by atoms with van der Waals surface area (Å²) in [5, 5.41) is 44.7. The first-order valence-electron chi connectivity index (χ1n) is 7.00. The van der Waals surface area contributed by atoms with Crippen molar-refractivity contribution in [1.82, 2.24) is 0 Å². The average Bonchev–Trinajstić information content (AvgIpc) is 2.38. The molecule has 0 aliphatic heterocycles. The summed E-state index contributed by atoms with van der Waals surface area (Å²) in [5.74, 6) is -6.86. The minimum Gasteiger partial charge on any atom is -0.550 e. The van der Waals surface area contributed by atoms with E-state index in [0.29, 0.717) is 0 Å².